The van der Waals surface area contributed by atoms with Crippen molar-refractivity contribution in [2.75, 3.05) is 6.61 Å². The number of ketones is 2. The fraction of sp³-hybridized carbons (Fsp3) is 0.840. The third-order valence-corrected chi connectivity index (χ3v) is 9.82. The van der Waals surface area contributed by atoms with Crippen molar-refractivity contribution < 1.29 is 33.8 Å². The Labute approximate surface area is 189 Å². The maximum Gasteiger partial charge on any atom is 0.303 e. The van der Waals surface area contributed by atoms with Gasteiger partial charge in [0.1, 0.15) is 17.5 Å². The summed E-state index contributed by atoms with van der Waals surface area (Å²) in [6.45, 7) is 6.24. The molecule has 8 atom stereocenters. The molecule has 7 nitrogen and oxygen atoms in total. The van der Waals surface area contributed by atoms with E-state index in [9.17, 15) is 24.3 Å². The van der Waals surface area contributed by atoms with E-state index >= 15 is 0 Å². The van der Waals surface area contributed by atoms with Crippen LogP contribution in [0.1, 0.15) is 79.1 Å². The molecule has 0 bridgehead atoms. The first-order chi connectivity index (χ1) is 14.9. The molecule has 7 heteroatoms. The fourth-order valence-electron chi connectivity index (χ4n) is 8.03. The summed E-state index contributed by atoms with van der Waals surface area (Å²) < 4.78 is 10.4. The van der Waals surface area contributed by atoms with E-state index in [0.29, 0.717) is 18.8 Å². The minimum atomic E-state index is -1.78. The summed E-state index contributed by atoms with van der Waals surface area (Å²) in [5.74, 6) is -0.563. The van der Waals surface area contributed by atoms with Crippen LogP contribution in [0.4, 0.5) is 0 Å². The van der Waals surface area contributed by atoms with Gasteiger partial charge in [0.2, 0.25) is 5.78 Å². The molecule has 4 aliphatic rings. The van der Waals surface area contributed by atoms with Crippen molar-refractivity contribution in [1.29, 1.82) is 0 Å². The monoisotopic (exact) mass is 448 g/mol. The van der Waals surface area contributed by atoms with Gasteiger partial charge in [-0.3, -0.25) is 19.2 Å². The average molecular weight is 449 g/mol. The molecule has 0 spiro atoms. The Morgan fingerprint density at radius 1 is 1.00 bits per heavy atom. The summed E-state index contributed by atoms with van der Waals surface area (Å²) in [5, 5.41) is 11.5. The lowest BCUT2D eigenvalue weighted by atomic mass is 9.44. The van der Waals surface area contributed by atoms with Gasteiger partial charge in [0.25, 0.3) is 0 Å². The molecule has 0 aromatic carbocycles. The maximum absolute atomic E-state index is 13.6. The molecule has 0 amide bonds. The molecule has 178 valence electrons. The minimum absolute atomic E-state index is 0.000981. The number of Topliss-reactive ketones (excluding diaryl/α,β-unsaturated/α-hetero) is 2. The number of hydrogen-bond acceptors (Lipinski definition) is 7. The first-order valence-electron chi connectivity index (χ1n) is 12.0. The smallest absolute Gasteiger partial charge is 0.303 e. The minimum Gasteiger partial charge on any atom is -0.463 e. The predicted molar refractivity (Wildman–Crippen MR) is 114 cm³/mol. The van der Waals surface area contributed by atoms with Crippen molar-refractivity contribution in [3.05, 3.63) is 0 Å². The molecule has 0 aromatic rings. The largest absolute Gasteiger partial charge is 0.463 e. The SMILES string of the molecule is CC(=O)OCC(=O)[C@@]1(O)CC[C@H]2[C@@H]3CC[C@H]4C[C@@H](OC(C)=O)CC[C@]4(C)[C@H]3CC(=O)[C@@]21C. The van der Waals surface area contributed by atoms with Crippen molar-refractivity contribution >= 4 is 23.5 Å². The van der Waals surface area contributed by atoms with Gasteiger partial charge >= 0.3 is 11.9 Å². The van der Waals surface area contributed by atoms with Crippen LogP contribution in [-0.2, 0) is 28.7 Å². The predicted octanol–water partition coefficient (Wildman–Crippen LogP) is 3.00. The summed E-state index contributed by atoms with van der Waals surface area (Å²) in [5.41, 5.74) is -2.91. The standard InChI is InChI=1S/C25H36O7/c1-14(26)31-13-22(29)25(30)10-8-19-18-6-5-16-11-17(32-15(2)27)7-9-23(16,3)20(18)12-21(28)24(19,25)4/h16-20,30H,5-13H2,1-4H3/t16-,17-,18-,19-,20-,23-,24+,25-/m0/s1. The Bertz CT molecular complexity index is 836. The highest BCUT2D eigenvalue weighted by molar-refractivity contribution is 5.99. The number of hydrogen-bond donors (Lipinski definition) is 1. The zero-order valence-electron chi connectivity index (χ0n) is 19.6. The Kier molecular flexibility index (Phi) is 5.80. The molecule has 4 saturated carbocycles. The van der Waals surface area contributed by atoms with Crippen LogP contribution in [0, 0.1) is 34.5 Å². The lowest BCUT2D eigenvalue weighted by Crippen LogP contribution is -2.63. The molecular weight excluding hydrogens is 412 g/mol. The Morgan fingerprint density at radius 2 is 1.72 bits per heavy atom. The van der Waals surface area contributed by atoms with Gasteiger partial charge in [0.05, 0.1) is 5.41 Å². The van der Waals surface area contributed by atoms with Crippen molar-refractivity contribution in [2.24, 2.45) is 34.5 Å². The first kappa shape index (κ1) is 23.4. The van der Waals surface area contributed by atoms with E-state index in [2.05, 4.69) is 6.92 Å². The molecule has 32 heavy (non-hydrogen) atoms. The molecule has 4 rings (SSSR count). The number of fused-ring (bicyclic) bond motifs is 5. The van der Waals surface area contributed by atoms with E-state index in [0.717, 1.165) is 32.1 Å². The summed E-state index contributed by atoms with van der Waals surface area (Å²) in [6.07, 6.45) is 5.74. The molecule has 0 aromatic heterocycles. The van der Waals surface area contributed by atoms with Crippen molar-refractivity contribution in [3.8, 4) is 0 Å². The molecule has 4 aliphatic carbocycles. The molecule has 0 aliphatic heterocycles. The second-order valence-electron chi connectivity index (χ2n) is 11.1. The molecule has 0 heterocycles. The van der Waals surface area contributed by atoms with Gasteiger partial charge < -0.3 is 14.6 Å². The van der Waals surface area contributed by atoms with Crippen molar-refractivity contribution in [3.63, 3.8) is 0 Å². The average Bonchev–Trinajstić information content (AvgIpc) is 3.00. The number of carbonyl (C=O) groups is 4. The second kappa shape index (κ2) is 7.93. The van der Waals surface area contributed by atoms with Crippen LogP contribution in [0.5, 0.6) is 0 Å². The molecule has 0 saturated heterocycles. The highest BCUT2D eigenvalue weighted by Crippen LogP contribution is 2.67. The van der Waals surface area contributed by atoms with E-state index in [1.54, 1.807) is 6.92 Å². The fourth-order valence-corrected chi connectivity index (χ4v) is 8.03. The lowest BCUT2D eigenvalue weighted by molar-refractivity contribution is -0.184. The Morgan fingerprint density at radius 3 is 2.38 bits per heavy atom. The summed E-state index contributed by atoms with van der Waals surface area (Å²) in [6, 6.07) is 0. The van der Waals surface area contributed by atoms with E-state index in [1.807, 2.05) is 0 Å². The van der Waals surface area contributed by atoms with Gasteiger partial charge in [-0.25, -0.2) is 0 Å². The van der Waals surface area contributed by atoms with Crippen LogP contribution < -0.4 is 0 Å². The second-order valence-corrected chi connectivity index (χ2v) is 11.1. The Hall–Kier alpha value is -1.76. The summed E-state index contributed by atoms with van der Waals surface area (Å²) in [7, 11) is 0. The van der Waals surface area contributed by atoms with Gasteiger partial charge in [-0.1, -0.05) is 6.92 Å². The molecule has 0 radical (unpaired) electrons. The third-order valence-electron chi connectivity index (χ3n) is 9.82. The highest BCUT2D eigenvalue weighted by atomic mass is 16.5. The van der Waals surface area contributed by atoms with Crippen LogP contribution in [0.25, 0.3) is 0 Å². The van der Waals surface area contributed by atoms with Crippen LogP contribution in [0.2, 0.25) is 0 Å². The summed E-state index contributed by atoms with van der Waals surface area (Å²) >= 11 is 0. The van der Waals surface area contributed by atoms with Crippen molar-refractivity contribution in [2.45, 2.75) is 90.8 Å². The molecule has 1 N–H and O–H groups in total. The Balaban J connectivity index is 1.57. The zero-order chi connectivity index (χ0) is 23.5. The highest BCUT2D eigenvalue weighted by Gasteiger charge is 2.70. The van der Waals surface area contributed by atoms with Crippen LogP contribution in [0.3, 0.4) is 0 Å². The third kappa shape index (κ3) is 3.34. The van der Waals surface area contributed by atoms with Gasteiger partial charge in [-0.2, -0.15) is 0 Å². The van der Waals surface area contributed by atoms with E-state index < -0.39 is 29.4 Å². The van der Waals surface area contributed by atoms with Gasteiger partial charge in [-0.05, 0) is 81.0 Å². The number of ether oxygens (including phenoxy) is 2. The molecule has 4 fully saturated rings. The normalized spacial score (nSPS) is 45.3. The van der Waals surface area contributed by atoms with E-state index in [-0.39, 0.29) is 47.4 Å². The van der Waals surface area contributed by atoms with Gasteiger partial charge in [0, 0.05) is 20.3 Å². The van der Waals surface area contributed by atoms with E-state index in [4.69, 9.17) is 9.47 Å². The van der Waals surface area contributed by atoms with Crippen LogP contribution in [0.15, 0.2) is 0 Å². The summed E-state index contributed by atoms with van der Waals surface area (Å²) in [4.78, 5) is 49.2. The number of rotatable bonds is 4. The van der Waals surface area contributed by atoms with Crippen molar-refractivity contribution in [1.82, 2.24) is 0 Å². The molecule has 0 unspecified atom stereocenters. The molecular formula is C25H36O7. The topological polar surface area (TPSA) is 107 Å². The van der Waals surface area contributed by atoms with E-state index in [1.165, 1.54) is 13.8 Å². The van der Waals surface area contributed by atoms with Gasteiger partial charge in [-0.15, -0.1) is 0 Å². The lowest BCUT2D eigenvalue weighted by Gasteiger charge is -2.60. The number of aliphatic hydroxyl groups is 1. The number of esters is 2. The first-order valence-corrected chi connectivity index (χ1v) is 12.0. The number of carbonyl (C=O) groups excluding carboxylic acids is 4. The van der Waals surface area contributed by atoms with Gasteiger partial charge in [0.15, 0.2) is 6.61 Å². The zero-order valence-corrected chi connectivity index (χ0v) is 19.6. The quantitative estimate of drug-likeness (QED) is 0.659. The van der Waals surface area contributed by atoms with Crippen LogP contribution >= 0.6 is 0 Å². The van der Waals surface area contributed by atoms with Crippen LogP contribution in [-0.4, -0.2) is 46.9 Å². The maximum atomic E-state index is 13.6.